The monoisotopic (exact) mass is 306 g/mol. The Bertz CT molecular complexity index is 791. The highest BCUT2D eigenvalue weighted by Gasteiger charge is 2.62. The lowest BCUT2D eigenvalue weighted by atomic mass is 9.79. The van der Waals surface area contributed by atoms with Gasteiger partial charge >= 0.3 is 0 Å². The molecule has 23 heavy (non-hydrogen) atoms. The highest BCUT2D eigenvalue weighted by Crippen LogP contribution is 2.55. The number of carbonyl (C=O) groups excluding carboxylic acids is 1. The minimum atomic E-state index is -0.561. The number of benzene rings is 2. The van der Waals surface area contributed by atoms with E-state index in [0.29, 0.717) is 0 Å². The van der Waals surface area contributed by atoms with Crippen molar-refractivity contribution in [2.45, 2.75) is 31.7 Å². The zero-order valence-corrected chi connectivity index (χ0v) is 13.0. The van der Waals surface area contributed by atoms with Crippen LogP contribution in [0, 0.1) is 5.92 Å². The van der Waals surface area contributed by atoms with E-state index in [0.717, 1.165) is 30.0 Å². The Labute approximate surface area is 135 Å². The van der Waals surface area contributed by atoms with E-state index in [1.165, 1.54) is 0 Å². The van der Waals surface area contributed by atoms with Gasteiger partial charge in [0.2, 0.25) is 5.91 Å². The molecule has 3 atom stereocenters. The van der Waals surface area contributed by atoms with Crippen molar-refractivity contribution in [2.24, 2.45) is 5.92 Å². The van der Waals surface area contributed by atoms with E-state index in [1.54, 1.807) is 0 Å². The first-order valence-electron chi connectivity index (χ1n) is 8.16. The maximum absolute atomic E-state index is 13.1. The first kappa shape index (κ1) is 13.0. The molecule has 0 saturated carbocycles. The molecule has 6 rings (SSSR count). The number of anilines is 2. The molecule has 0 unspecified atom stereocenters. The maximum Gasteiger partial charge on any atom is 0.237 e. The Hall–Kier alpha value is -2.49. The first-order valence-corrected chi connectivity index (χ1v) is 8.16. The summed E-state index contributed by atoms with van der Waals surface area (Å²) in [5, 5.41) is 0. The van der Waals surface area contributed by atoms with Crippen LogP contribution in [0.4, 0.5) is 11.4 Å². The van der Waals surface area contributed by atoms with Gasteiger partial charge in [-0.25, -0.2) is 0 Å². The van der Waals surface area contributed by atoms with E-state index >= 15 is 0 Å². The molecule has 3 saturated heterocycles. The van der Waals surface area contributed by atoms with Gasteiger partial charge in [-0.15, -0.1) is 0 Å². The summed E-state index contributed by atoms with van der Waals surface area (Å²) < 4.78 is 6.27. The average Bonchev–Trinajstić information content (AvgIpc) is 2.90. The molecule has 0 aliphatic carbocycles. The number of hydrogen-bond acceptors (Lipinski definition) is 3. The van der Waals surface area contributed by atoms with Crippen molar-refractivity contribution in [2.75, 3.05) is 9.80 Å². The molecule has 2 aromatic rings. The average molecular weight is 306 g/mol. The van der Waals surface area contributed by atoms with E-state index in [4.69, 9.17) is 4.74 Å². The van der Waals surface area contributed by atoms with Gasteiger partial charge in [0.1, 0.15) is 11.9 Å². The van der Waals surface area contributed by atoms with Crippen LogP contribution in [0.3, 0.4) is 0 Å². The fourth-order valence-corrected chi connectivity index (χ4v) is 4.46. The van der Waals surface area contributed by atoms with Crippen molar-refractivity contribution in [1.82, 2.24) is 0 Å². The Morgan fingerprint density at radius 3 is 2.61 bits per heavy atom. The molecule has 3 fully saturated rings. The van der Waals surface area contributed by atoms with Crippen molar-refractivity contribution in [3.05, 3.63) is 54.6 Å². The van der Waals surface area contributed by atoms with E-state index in [9.17, 15) is 4.79 Å². The third-order valence-electron chi connectivity index (χ3n) is 5.45. The zero-order chi connectivity index (χ0) is 15.6. The molecular weight excluding hydrogens is 288 g/mol. The number of amides is 1. The van der Waals surface area contributed by atoms with Crippen molar-refractivity contribution in [3.8, 4) is 5.75 Å². The molecule has 0 N–H and O–H groups in total. The van der Waals surface area contributed by atoms with Crippen LogP contribution >= 0.6 is 0 Å². The van der Waals surface area contributed by atoms with Crippen molar-refractivity contribution in [1.29, 1.82) is 0 Å². The topological polar surface area (TPSA) is 32.8 Å². The van der Waals surface area contributed by atoms with E-state index in [1.807, 2.05) is 53.4 Å². The van der Waals surface area contributed by atoms with Gasteiger partial charge < -0.3 is 9.64 Å². The van der Waals surface area contributed by atoms with E-state index in [-0.39, 0.29) is 18.0 Å². The second kappa shape index (κ2) is 4.28. The predicted octanol–water partition coefficient (Wildman–Crippen LogP) is 3.38. The van der Waals surface area contributed by atoms with Gasteiger partial charge in [-0.05, 0) is 44.0 Å². The number of fused-ring (bicyclic) bond motifs is 3. The number of rotatable bonds is 1. The van der Waals surface area contributed by atoms with E-state index < -0.39 is 5.72 Å². The van der Waals surface area contributed by atoms with Crippen LogP contribution < -0.4 is 14.5 Å². The van der Waals surface area contributed by atoms with Gasteiger partial charge in [0, 0.05) is 5.69 Å². The molecule has 0 aromatic heterocycles. The van der Waals surface area contributed by atoms with Gasteiger partial charge in [0.05, 0.1) is 11.6 Å². The van der Waals surface area contributed by atoms with E-state index in [2.05, 4.69) is 17.9 Å². The fraction of sp³-hybridized carbons (Fsp3) is 0.316. The Kier molecular flexibility index (Phi) is 2.42. The third kappa shape index (κ3) is 1.53. The maximum atomic E-state index is 13.1. The summed E-state index contributed by atoms with van der Waals surface area (Å²) in [7, 11) is 0. The molecule has 0 radical (unpaired) electrons. The van der Waals surface area contributed by atoms with Crippen LogP contribution in [-0.4, -0.2) is 17.8 Å². The molecule has 2 aromatic carbocycles. The minimum Gasteiger partial charge on any atom is -0.465 e. The first-order chi connectivity index (χ1) is 11.2. The largest absolute Gasteiger partial charge is 0.465 e. The predicted molar refractivity (Wildman–Crippen MR) is 88.4 cm³/mol. The lowest BCUT2D eigenvalue weighted by Gasteiger charge is -2.57. The molecule has 0 spiro atoms. The van der Waals surface area contributed by atoms with Gasteiger partial charge in [-0.2, -0.15) is 0 Å². The number of para-hydroxylation sites is 3. The number of carbonyl (C=O) groups is 1. The summed E-state index contributed by atoms with van der Waals surface area (Å²) in [4.78, 5) is 17.4. The molecule has 4 aliphatic rings. The SMILES string of the molecule is C[C@]12Oc3ccccc3N1[C@@H]1CC[C@H]2C(=O)N1c1ccccc1. The van der Waals surface area contributed by atoms with Crippen molar-refractivity contribution >= 4 is 17.3 Å². The summed E-state index contributed by atoms with van der Waals surface area (Å²) in [6.45, 7) is 2.06. The highest BCUT2D eigenvalue weighted by atomic mass is 16.5. The molecule has 2 bridgehead atoms. The number of piperidine rings is 2. The normalized spacial score (nSPS) is 30.9. The van der Waals surface area contributed by atoms with Crippen LogP contribution in [-0.2, 0) is 4.79 Å². The molecule has 4 nitrogen and oxygen atoms in total. The summed E-state index contributed by atoms with van der Waals surface area (Å²) >= 11 is 0. The Balaban J connectivity index is 1.67. The highest BCUT2D eigenvalue weighted by molar-refractivity contribution is 6.00. The lowest BCUT2D eigenvalue weighted by molar-refractivity contribution is -0.137. The molecule has 4 heterocycles. The van der Waals surface area contributed by atoms with Crippen LogP contribution in [0.15, 0.2) is 54.6 Å². The minimum absolute atomic E-state index is 0.0172. The second-order valence-electron chi connectivity index (χ2n) is 6.65. The van der Waals surface area contributed by atoms with Gasteiger partial charge in [-0.1, -0.05) is 30.3 Å². The number of ether oxygens (including phenoxy) is 1. The summed E-state index contributed by atoms with van der Waals surface area (Å²) in [5.41, 5.74) is 1.51. The summed E-state index contributed by atoms with van der Waals surface area (Å²) in [6, 6.07) is 18.1. The van der Waals surface area contributed by atoms with Gasteiger partial charge in [-0.3, -0.25) is 9.69 Å². The zero-order valence-electron chi connectivity index (χ0n) is 13.0. The molecular formula is C19H18N2O2. The van der Waals surface area contributed by atoms with Gasteiger partial charge in [0.15, 0.2) is 5.72 Å². The number of nitrogens with zero attached hydrogens (tertiary/aromatic N) is 2. The van der Waals surface area contributed by atoms with Gasteiger partial charge in [0.25, 0.3) is 0 Å². The van der Waals surface area contributed by atoms with Crippen LogP contribution in [0.2, 0.25) is 0 Å². The molecule has 1 amide bonds. The van der Waals surface area contributed by atoms with Crippen LogP contribution in [0.5, 0.6) is 5.75 Å². The third-order valence-corrected chi connectivity index (χ3v) is 5.45. The second-order valence-corrected chi connectivity index (χ2v) is 6.65. The number of hydrogen-bond donors (Lipinski definition) is 0. The molecule has 116 valence electrons. The van der Waals surface area contributed by atoms with Crippen LogP contribution in [0.25, 0.3) is 0 Å². The van der Waals surface area contributed by atoms with Crippen molar-refractivity contribution < 1.29 is 9.53 Å². The summed E-state index contributed by atoms with van der Waals surface area (Å²) in [5.74, 6) is 0.925. The fourth-order valence-electron chi connectivity index (χ4n) is 4.46. The summed E-state index contributed by atoms with van der Waals surface area (Å²) in [6.07, 6.45) is 1.87. The quantitative estimate of drug-likeness (QED) is 0.809. The van der Waals surface area contributed by atoms with Crippen molar-refractivity contribution in [3.63, 3.8) is 0 Å². The molecule has 4 aliphatic heterocycles. The van der Waals surface area contributed by atoms with Crippen LogP contribution in [0.1, 0.15) is 19.8 Å². The molecule has 4 heteroatoms. The lowest BCUT2D eigenvalue weighted by Crippen LogP contribution is -2.74. The Morgan fingerprint density at radius 1 is 1.04 bits per heavy atom. The Morgan fingerprint density at radius 2 is 1.78 bits per heavy atom. The standard InChI is InChI=1S/C19H18N2O2/c1-19-14-11-12-17(20(18(14)22)13-7-3-2-4-8-13)21(19)15-9-5-6-10-16(15)23-19/h2-10,14,17H,11-12H2,1H3/t14-,17+,19+/m0/s1. The smallest absolute Gasteiger partial charge is 0.237 e.